The minimum atomic E-state index is -1.42. The molecule has 0 radical (unpaired) electrons. The Bertz CT molecular complexity index is 670. The molecule has 0 bridgehead atoms. The number of hydrogen-bond donors (Lipinski definition) is 1. The monoisotopic (exact) mass is 370 g/mol. The van der Waals surface area contributed by atoms with Gasteiger partial charge >= 0.3 is 0 Å². The number of halogens is 3. The maximum absolute atomic E-state index is 14.0. The van der Waals surface area contributed by atoms with Crippen molar-refractivity contribution < 1.29 is 23.1 Å². The Labute approximate surface area is 151 Å². The summed E-state index contributed by atoms with van der Waals surface area (Å²) < 4.78 is 40.6. The van der Waals surface area contributed by atoms with Gasteiger partial charge in [-0.3, -0.25) is 9.69 Å². The van der Waals surface area contributed by atoms with Crippen LogP contribution in [0.2, 0.25) is 0 Å². The molecule has 3 rings (SSSR count). The minimum absolute atomic E-state index is 0.0450. The lowest BCUT2D eigenvalue weighted by molar-refractivity contribution is -0.139. The number of likely N-dealkylation sites (tertiary alicyclic amines) is 2. The zero-order chi connectivity index (χ0) is 18.7. The van der Waals surface area contributed by atoms with Crippen molar-refractivity contribution in [2.24, 2.45) is 5.41 Å². The highest BCUT2D eigenvalue weighted by atomic mass is 19.2. The molecule has 1 amide bonds. The highest BCUT2D eigenvalue weighted by Crippen LogP contribution is 2.39. The Morgan fingerprint density at radius 2 is 1.92 bits per heavy atom. The number of carbonyl (C=O) groups is 1. The highest BCUT2D eigenvalue weighted by Gasteiger charge is 2.41. The van der Waals surface area contributed by atoms with Crippen LogP contribution in [0.1, 0.15) is 37.7 Å². The van der Waals surface area contributed by atoms with E-state index in [0.29, 0.717) is 32.5 Å². The quantitative estimate of drug-likeness (QED) is 0.811. The molecule has 2 aliphatic heterocycles. The van der Waals surface area contributed by atoms with E-state index in [2.05, 4.69) is 4.90 Å². The van der Waals surface area contributed by atoms with Crippen LogP contribution >= 0.6 is 0 Å². The van der Waals surface area contributed by atoms with Crippen molar-refractivity contribution in [3.05, 3.63) is 35.1 Å². The third-order valence-corrected chi connectivity index (χ3v) is 5.58. The Morgan fingerprint density at radius 1 is 1.12 bits per heavy atom. The van der Waals surface area contributed by atoms with E-state index in [1.807, 2.05) is 4.90 Å². The molecule has 1 aromatic carbocycles. The maximum atomic E-state index is 14.0. The first-order chi connectivity index (χ1) is 12.4. The van der Waals surface area contributed by atoms with Crippen LogP contribution in [-0.4, -0.2) is 53.6 Å². The van der Waals surface area contributed by atoms with Gasteiger partial charge in [0.2, 0.25) is 5.91 Å². The van der Waals surface area contributed by atoms with Crippen molar-refractivity contribution in [3.63, 3.8) is 0 Å². The predicted octanol–water partition coefficient (Wildman–Crippen LogP) is 2.69. The summed E-state index contributed by atoms with van der Waals surface area (Å²) in [5.41, 5.74) is 0.112. The maximum Gasteiger partial charge on any atom is 0.222 e. The van der Waals surface area contributed by atoms with E-state index in [-0.39, 0.29) is 30.0 Å². The largest absolute Gasteiger partial charge is 0.396 e. The molecular weight excluding hydrogens is 345 g/mol. The second kappa shape index (κ2) is 7.96. The van der Waals surface area contributed by atoms with Crippen molar-refractivity contribution in [2.45, 2.75) is 38.6 Å². The topological polar surface area (TPSA) is 43.8 Å². The molecule has 1 N–H and O–H groups in total. The summed E-state index contributed by atoms with van der Waals surface area (Å²) in [5.74, 6) is -3.60. The Morgan fingerprint density at radius 3 is 2.69 bits per heavy atom. The minimum Gasteiger partial charge on any atom is -0.396 e. The number of aliphatic hydroxyl groups excluding tert-OH is 1. The molecule has 7 heteroatoms. The summed E-state index contributed by atoms with van der Waals surface area (Å²) in [6.07, 6.45) is 3.75. The van der Waals surface area contributed by atoms with Gasteiger partial charge in [-0.2, -0.15) is 0 Å². The molecular formula is C19H25F3N2O2. The van der Waals surface area contributed by atoms with Crippen LogP contribution in [0, 0.1) is 22.9 Å². The Kier molecular flexibility index (Phi) is 5.87. The van der Waals surface area contributed by atoms with E-state index in [9.17, 15) is 18.0 Å². The van der Waals surface area contributed by atoms with Gasteiger partial charge in [-0.25, -0.2) is 13.2 Å². The fourth-order valence-corrected chi connectivity index (χ4v) is 4.27. The zero-order valence-electron chi connectivity index (χ0n) is 14.8. The molecule has 144 valence electrons. The molecule has 0 unspecified atom stereocenters. The summed E-state index contributed by atoms with van der Waals surface area (Å²) >= 11 is 0. The first kappa shape index (κ1) is 19.2. The molecule has 2 heterocycles. The second-order valence-corrected chi connectivity index (χ2v) is 7.54. The van der Waals surface area contributed by atoms with Crippen LogP contribution in [-0.2, 0) is 11.3 Å². The van der Waals surface area contributed by atoms with Crippen LogP contribution in [0.15, 0.2) is 12.1 Å². The molecule has 1 aromatic rings. The van der Waals surface area contributed by atoms with Gasteiger partial charge in [0.05, 0.1) is 0 Å². The lowest BCUT2D eigenvalue weighted by atomic mass is 9.73. The molecule has 0 aliphatic carbocycles. The number of hydrogen-bond acceptors (Lipinski definition) is 3. The fraction of sp³-hybridized carbons (Fsp3) is 0.632. The highest BCUT2D eigenvalue weighted by molar-refractivity contribution is 5.77. The van der Waals surface area contributed by atoms with Gasteiger partial charge < -0.3 is 10.0 Å². The predicted molar refractivity (Wildman–Crippen MR) is 90.8 cm³/mol. The lowest BCUT2D eigenvalue weighted by Gasteiger charge is -2.48. The van der Waals surface area contributed by atoms with Crippen molar-refractivity contribution >= 4 is 5.91 Å². The summed E-state index contributed by atoms with van der Waals surface area (Å²) in [6, 6.07) is 2.26. The van der Waals surface area contributed by atoms with Crippen molar-refractivity contribution in [1.29, 1.82) is 0 Å². The first-order valence-corrected chi connectivity index (χ1v) is 9.17. The fourth-order valence-electron chi connectivity index (χ4n) is 4.27. The molecule has 1 spiro atoms. The van der Waals surface area contributed by atoms with Crippen molar-refractivity contribution in [3.8, 4) is 0 Å². The summed E-state index contributed by atoms with van der Waals surface area (Å²) in [7, 11) is 0. The van der Waals surface area contributed by atoms with Gasteiger partial charge in [0.1, 0.15) is 0 Å². The standard InChI is InChI=1S/C19H25F3N2O2/c20-15-4-3-14(17(21)18(15)22)11-23-8-1-6-19(12-23)7-5-16(26)24(13-19)9-2-10-25/h3-4,25H,1-2,5-13H2/t19-/m0/s1. The van der Waals surface area contributed by atoms with Gasteiger partial charge in [-0.1, -0.05) is 6.07 Å². The van der Waals surface area contributed by atoms with E-state index >= 15 is 0 Å². The summed E-state index contributed by atoms with van der Waals surface area (Å²) in [6.45, 7) is 2.95. The third-order valence-electron chi connectivity index (χ3n) is 5.58. The third kappa shape index (κ3) is 4.04. The van der Waals surface area contributed by atoms with Gasteiger partial charge in [0.25, 0.3) is 0 Å². The average molecular weight is 370 g/mol. The van der Waals surface area contributed by atoms with E-state index < -0.39 is 17.5 Å². The Hall–Kier alpha value is -1.60. The average Bonchev–Trinajstić information content (AvgIpc) is 2.63. The first-order valence-electron chi connectivity index (χ1n) is 9.17. The van der Waals surface area contributed by atoms with Gasteiger partial charge in [0, 0.05) is 50.2 Å². The van der Waals surface area contributed by atoms with Gasteiger partial charge in [0.15, 0.2) is 17.5 Å². The number of amides is 1. The molecule has 4 nitrogen and oxygen atoms in total. The molecule has 0 aromatic heterocycles. The summed E-state index contributed by atoms with van der Waals surface area (Å²) in [4.78, 5) is 16.0. The molecule has 2 fully saturated rings. The van der Waals surface area contributed by atoms with Gasteiger partial charge in [-0.15, -0.1) is 0 Å². The van der Waals surface area contributed by atoms with Crippen LogP contribution in [0.4, 0.5) is 13.2 Å². The molecule has 0 saturated carbocycles. The molecule has 2 aliphatic rings. The smallest absolute Gasteiger partial charge is 0.222 e. The van der Waals surface area contributed by atoms with E-state index in [4.69, 9.17) is 5.11 Å². The van der Waals surface area contributed by atoms with Gasteiger partial charge in [-0.05, 0) is 38.3 Å². The number of nitrogens with zero attached hydrogens (tertiary/aromatic N) is 2. The molecule has 2 saturated heterocycles. The van der Waals surface area contributed by atoms with Crippen molar-refractivity contribution in [1.82, 2.24) is 9.80 Å². The van der Waals surface area contributed by atoms with E-state index in [0.717, 1.165) is 31.9 Å². The normalized spacial score (nSPS) is 24.5. The number of aliphatic hydroxyl groups is 1. The van der Waals surface area contributed by atoms with Crippen molar-refractivity contribution in [2.75, 3.05) is 32.8 Å². The number of benzene rings is 1. The van der Waals surface area contributed by atoms with Crippen LogP contribution in [0.3, 0.4) is 0 Å². The number of rotatable bonds is 5. The lowest BCUT2D eigenvalue weighted by Crippen LogP contribution is -2.54. The number of carbonyl (C=O) groups excluding carboxylic acids is 1. The van der Waals surface area contributed by atoms with Crippen LogP contribution < -0.4 is 0 Å². The van der Waals surface area contributed by atoms with Crippen LogP contribution in [0.5, 0.6) is 0 Å². The zero-order valence-corrected chi connectivity index (χ0v) is 14.8. The number of piperidine rings is 2. The SMILES string of the molecule is O=C1CC[C@]2(CCCN(Cc3ccc(F)c(F)c3F)C2)CN1CCCO. The van der Waals surface area contributed by atoms with E-state index in [1.165, 1.54) is 6.07 Å². The van der Waals surface area contributed by atoms with Crippen LogP contribution in [0.25, 0.3) is 0 Å². The molecule has 26 heavy (non-hydrogen) atoms. The van der Waals surface area contributed by atoms with E-state index in [1.54, 1.807) is 0 Å². The molecule has 1 atom stereocenters. The second-order valence-electron chi connectivity index (χ2n) is 7.54. The Balaban J connectivity index is 1.69. The summed E-state index contributed by atoms with van der Waals surface area (Å²) in [5, 5.41) is 9.02.